The van der Waals surface area contributed by atoms with E-state index in [4.69, 9.17) is 4.74 Å². The van der Waals surface area contributed by atoms with Gasteiger partial charge in [0.15, 0.2) is 0 Å². The molecule has 2 aromatic rings. The van der Waals surface area contributed by atoms with Gasteiger partial charge in [-0.2, -0.15) is 5.10 Å². The highest BCUT2D eigenvalue weighted by Gasteiger charge is 2.26. The van der Waals surface area contributed by atoms with Gasteiger partial charge in [0.05, 0.1) is 18.9 Å². The highest BCUT2D eigenvalue weighted by Crippen LogP contribution is 2.19. The average molecular weight is 342 g/mol. The van der Waals surface area contributed by atoms with E-state index in [0.29, 0.717) is 19.1 Å². The van der Waals surface area contributed by atoms with Gasteiger partial charge < -0.3 is 9.64 Å². The van der Waals surface area contributed by atoms with Crippen LogP contribution < -0.4 is 5.32 Å². The fourth-order valence-corrected chi connectivity index (χ4v) is 3.08. The van der Waals surface area contributed by atoms with E-state index in [2.05, 4.69) is 29.5 Å². The molecule has 6 nitrogen and oxygen atoms in total. The SMILES string of the molecule is CCc1cc(NC(=O)N2CC[C@H](COCc3ccccc3)C2)n(C)n1. The smallest absolute Gasteiger partial charge is 0.323 e. The highest BCUT2D eigenvalue weighted by molar-refractivity contribution is 5.88. The predicted octanol–water partition coefficient (Wildman–Crippen LogP) is 3.05. The number of ether oxygens (including phenoxy) is 1. The van der Waals surface area contributed by atoms with E-state index >= 15 is 0 Å². The maximum atomic E-state index is 12.4. The number of nitrogens with zero attached hydrogens (tertiary/aromatic N) is 3. The van der Waals surface area contributed by atoms with Crippen LogP contribution in [0.1, 0.15) is 24.6 Å². The molecule has 134 valence electrons. The summed E-state index contributed by atoms with van der Waals surface area (Å²) >= 11 is 0. The standard InChI is InChI=1S/C19H26N4O2/c1-3-17-11-18(22(2)21-17)20-19(24)23-10-9-16(12-23)14-25-13-15-7-5-4-6-8-15/h4-8,11,16H,3,9-10,12-14H2,1-2H3,(H,20,24)/t16-/m0/s1. The normalized spacial score (nSPS) is 17.0. The summed E-state index contributed by atoms with van der Waals surface area (Å²) in [6.07, 6.45) is 1.84. The van der Waals surface area contributed by atoms with Gasteiger partial charge in [0, 0.05) is 32.1 Å². The number of benzene rings is 1. The van der Waals surface area contributed by atoms with Gasteiger partial charge in [-0.3, -0.25) is 10.00 Å². The topological polar surface area (TPSA) is 59.4 Å². The van der Waals surface area contributed by atoms with E-state index in [0.717, 1.165) is 37.4 Å². The third-order valence-electron chi connectivity index (χ3n) is 4.57. The molecular formula is C19H26N4O2. The number of amides is 2. The Labute approximate surface area is 148 Å². The van der Waals surface area contributed by atoms with Gasteiger partial charge >= 0.3 is 6.03 Å². The molecule has 1 aromatic heterocycles. The molecule has 1 N–H and O–H groups in total. The van der Waals surface area contributed by atoms with Crippen molar-refractivity contribution in [3.8, 4) is 0 Å². The first-order valence-corrected chi connectivity index (χ1v) is 8.86. The summed E-state index contributed by atoms with van der Waals surface area (Å²) < 4.78 is 7.53. The van der Waals surface area contributed by atoms with Gasteiger partial charge in [0.25, 0.3) is 0 Å². The second kappa shape index (κ2) is 8.16. The molecule has 3 rings (SSSR count). The Bertz CT molecular complexity index is 699. The molecule has 1 fully saturated rings. The van der Waals surface area contributed by atoms with Gasteiger partial charge in [-0.05, 0) is 18.4 Å². The Morgan fingerprint density at radius 3 is 2.88 bits per heavy atom. The van der Waals surface area contributed by atoms with E-state index in [-0.39, 0.29) is 6.03 Å². The van der Waals surface area contributed by atoms with Crippen LogP contribution in [-0.2, 0) is 24.8 Å². The second-order valence-corrected chi connectivity index (χ2v) is 6.53. The zero-order valence-corrected chi connectivity index (χ0v) is 14.9. The van der Waals surface area contributed by atoms with E-state index in [9.17, 15) is 4.79 Å². The van der Waals surface area contributed by atoms with Crippen LogP contribution in [0.2, 0.25) is 0 Å². The molecular weight excluding hydrogens is 316 g/mol. The molecule has 1 aliphatic rings. The minimum absolute atomic E-state index is 0.0591. The van der Waals surface area contributed by atoms with Gasteiger partial charge in [-0.1, -0.05) is 37.3 Å². The van der Waals surface area contributed by atoms with Crippen molar-refractivity contribution in [3.05, 3.63) is 47.7 Å². The van der Waals surface area contributed by atoms with E-state index in [1.54, 1.807) is 4.68 Å². The number of aryl methyl sites for hydroxylation is 2. The van der Waals surface area contributed by atoms with Crippen molar-refractivity contribution in [2.24, 2.45) is 13.0 Å². The summed E-state index contributed by atoms with van der Waals surface area (Å²) in [5.74, 6) is 1.14. The summed E-state index contributed by atoms with van der Waals surface area (Å²) in [7, 11) is 1.85. The lowest BCUT2D eigenvalue weighted by molar-refractivity contribution is 0.0900. The van der Waals surface area contributed by atoms with Crippen LogP contribution in [0.15, 0.2) is 36.4 Å². The predicted molar refractivity (Wildman–Crippen MR) is 97.4 cm³/mol. The number of likely N-dealkylation sites (tertiary alicyclic amines) is 1. The quantitative estimate of drug-likeness (QED) is 0.878. The zero-order valence-electron chi connectivity index (χ0n) is 14.9. The number of hydrogen-bond acceptors (Lipinski definition) is 3. The first kappa shape index (κ1) is 17.5. The maximum absolute atomic E-state index is 12.4. The van der Waals surface area contributed by atoms with Crippen molar-refractivity contribution in [1.29, 1.82) is 0 Å². The number of carbonyl (C=O) groups is 1. The molecule has 0 aliphatic carbocycles. The Balaban J connectivity index is 1.44. The Morgan fingerprint density at radius 2 is 2.16 bits per heavy atom. The van der Waals surface area contributed by atoms with Crippen molar-refractivity contribution in [2.45, 2.75) is 26.4 Å². The number of hydrogen-bond donors (Lipinski definition) is 1. The number of urea groups is 1. The Morgan fingerprint density at radius 1 is 1.36 bits per heavy atom. The fraction of sp³-hybridized carbons (Fsp3) is 0.474. The third kappa shape index (κ3) is 4.60. The molecule has 2 heterocycles. The molecule has 6 heteroatoms. The monoisotopic (exact) mass is 342 g/mol. The molecule has 2 amide bonds. The van der Waals surface area contributed by atoms with E-state index in [1.165, 1.54) is 5.56 Å². The summed E-state index contributed by atoms with van der Waals surface area (Å²) in [5.41, 5.74) is 2.16. The lowest BCUT2D eigenvalue weighted by Gasteiger charge is -2.17. The first-order chi connectivity index (χ1) is 12.2. The third-order valence-corrected chi connectivity index (χ3v) is 4.57. The number of anilines is 1. The van der Waals surface area contributed by atoms with Crippen LogP contribution in [0.25, 0.3) is 0 Å². The molecule has 1 aliphatic heterocycles. The number of aromatic nitrogens is 2. The second-order valence-electron chi connectivity index (χ2n) is 6.53. The minimum atomic E-state index is -0.0591. The molecule has 1 aromatic carbocycles. The Hall–Kier alpha value is -2.34. The molecule has 0 unspecified atom stereocenters. The van der Waals surface area contributed by atoms with E-state index < -0.39 is 0 Å². The van der Waals surface area contributed by atoms with Gasteiger partial charge in [-0.15, -0.1) is 0 Å². The molecule has 0 bridgehead atoms. The van der Waals surface area contributed by atoms with Crippen molar-refractivity contribution in [1.82, 2.24) is 14.7 Å². The average Bonchev–Trinajstić information content (AvgIpc) is 3.23. The van der Waals surface area contributed by atoms with Gasteiger partial charge in [-0.25, -0.2) is 4.79 Å². The maximum Gasteiger partial charge on any atom is 0.323 e. The van der Waals surface area contributed by atoms with Crippen LogP contribution in [0.3, 0.4) is 0 Å². The van der Waals surface area contributed by atoms with Gasteiger partial charge in [0.1, 0.15) is 5.82 Å². The molecule has 1 atom stereocenters. The largest absolute Gasteiger partial charge is 0.376 e. The van der Waals surface area contributed by atoms with Crippen molar-refractivity contribution < 1.29 is 9.53 Å². The molecule has 25 heavy (non-hydrogen) atoms. The summed E-state index contributed by atoms with van der Waals surface area (Å²) in [6.45, 7) is 4.86. The van der Waals surface area contributed by atoms with E-state index in [1.807, 2.05) is 36.2 Å². The van der Waals surface area contributed by atoms with Crippen LogP contribution in [-0.4, -0.2) is 40.4 Å². The summed E-state index contributed by atoms with van der Waals surface area (Å²) in [6, 6.07) is 12.0. The van der Waals surface area contributed by atoms with Gasteiger partial charge in [0.2, 0.25) is 0 Å². The van der Waals surface area contributed by atoms with Crippen LogP contribution in [0.5, 0.6) is 0 Å². The summed E-state index contributed by atoms with van der Waals surface area (Å²) in [5, 5.41) is 7.31. The minimum Gasteiger partial charge on any atom is -0.376 e. The number of nitrogens with one attached hydrogen (secondary N) is 1. The molecule has 0 saturated carbocycles. The fourth-order valence-electron chi connectivity index (χ4n) is 3.08. The number of rotatable bonds is 6. The van der Waals surface area contributed by atoms with Crippen molar-refractivity contribution in [2.75, 3.05) is 25.0 Å². The van der Waals surface area contributed by atoms with Crippen LogP contribution >= 0.6 is 0 Å². The van der Waals surface area contributed by atoms with Crippen molar-refractivity contribution >= 4 is 11.8 Å². The Kier molecular flexibility index (Phi) is 5.71. The summed E-state index contributed by atoms with van der Waals surface area (Å²) in [4.78, 5) is 14.3. The molecule has 0 spiro atoms. The van der Waals surface area contributed by atoms with Crippen LogP contribution in [0, 0.1) is 5.92 Å². The zero-order chi connectivity index (χ0) is 17.6. The lowest BCUT2D eigenvalue weighted by atomic mass is 10.1. The molecule has 1 saturated heterocycles. The first-order valence-electron chi connectivity index (χ1n) is 8.86. The number of carbonyl (C=O) groups excluding carboxylic acids is 1. The van der Waals surface area contributed by atoms with Crippen LogP contribution in [0.4, 0.5) is 10.6 Å². The highest BCUT2D eigenvalue weighted by atomic mass is 16.5. The van der Waals surface area contributed by atoms with Crippen molar-refractivity contribution in [3.63, 3.8) is 0 Å². The lowest BCUT2D eigenvalue weighted by Crippen LogP contribution is -2.34. The molecule has 0 radical (unpaired) electrons.